The van der Waals surface area contributed by atoms with Gasteiger partial charge in [-0.3, -0.25) is 9.59 Å². The fourth-order valence-electron chi connectivity index (χ4n) is 4.42. The lowest BCUT2D eigenvalue weighted by Gasteiger charge is -2.34. The minimum Gasteiger partial charge on any atom is -0.488 e. The van der Waals surface area contributed by atoms with Gasteiger partial charge < -0.3 is 30.3 Å². The molecule has 1 saturated carbocycles. The maximum absolute atomic E-state index is 13.3. The summed E-state index contributed by atoms with van der Waals surface area (Å²) < 4.78 is 19.6. The molecule has 4 rings (SSSR count). The Morgan fingerprint density at radius 1 is 1.16 bits per heavy atom. The van der Waals surface area contributed by atoms with Crippen molar-refractivity contribution in [1.82, 2.24) is 9.80 Å². The molecule has 1 aliphatic carbocycles. The minimum atomic E-state index is -0.482. The maximum atomic E-state index is 13.3. The predicted octanol–water partition coefficient (Wildman–Crippen LogP) is 3.49. The van der Waals surface area contributed by atoms with Gasteiger partial charge in [-0.2, -0.15) is 0 Å². The van der Waals surface area contributed by atoms with Crippen molar-refractivity contribution in [2.45, 2.75) is 45.3 Å². The Balaban J connectivity index is 1.56. The van der Waals surface area contributed by atoms with Crippen LogP contribution in [0, 0.1) is 17.7 Å². The molecule has 0 spiro atoms. The van der Waals surface area contributed by atoms with Crippen LogP contribution in [0.25, 0.3) is 0 Å². The van der Waals surface area contributed by atoms with Gasteiger partial charge >= 0.3 is 6.03 Å². The third kappa shape index (κ3) is 6.80. The van der Waals surface area contributed by atoms with Gasteiger partial charge in [0.15, 0.2) is 0 Å². The van der Waals surface area contributed by atoms with Crippen molar-refractivity contribution in [3.63, 3.8) is 0 Å². The third-order valence-corrected chi connectivity index (χ3v) is 7.03. The van der Waals surface area contributed by atoms with Gasteiger partial charge in [0.25, 0.3) is 0 Å². The SMILES string of the molecule is C[C@@H]1CN([C@H](C)CO)C(=O)Cc2cc(NC(=O)C3CC3)ccc2O[C@H]1CN(C)C(=O)Nc1ccc(F)cc1. The van der Waals surface area contributed by atoms with Crippen LogP contribution in [0.3, 0.4) is 0 Å². The molecule has 4 amide bonds. The van der Waals surface area contributed by atoms with E-state index in [2.05, 4.69) is 10.6 Å². The van der Waals surface area contributed by atoms with Crippen LogP contribution in [-0.2, 0) is 16.0 Å². The van der Waals surface area contributed by atoms with Crippen molar-refractivity contribution in [1.29, 1.82) is 0 Å². The number of urea groups is 1. The first-order valence-electron chi connectivity index (χ1n) is 12.9. The summed E-state index contributed by atoms with van der Waals surface area (Å²) in [5.41, 5.74) is 1.68. The minimum absolute atomic E-state index is 0.0314. The van der Waals surface area contributed by atoms with E-state index < -0.39 is 18.0 Å². The molecule has 38 heavy (non-hydrogen) atoms. The number of aliphatic hydroxyl groups is 1. The molecular formula is C28H35FN4O5. The number of hydrogen-bond acceptors (Lipinski definition) is 5. The second-order valence-electron chi connectivity index (χ2n) is 10.3. The highest BCUT2D eigenvalue weighted by molar-refractivity contribution is 5.94. The number of amides is 4. The van der Waals surface area contributed by atoms with Crippen LogP contribution >= 0.6 is 0 Å². The Labute approximate surface area is 221 Å². The fourth-order valence-corrected chi connectivity index (χ4v) is 4.42. The van der Waals surface area contributed by atoms with E-state index in [0.29, 0.717) is 29.2 Å². The topological polar surface area (TPSA) is 111 Å². The summed E-state index contributed by atoms with van der Waals surface area (Å²) in [4.78, 5) is 41.6. The average molecular weight is 527 g/mol. The number of ether oxygens (including phenoxy) is 1. The van der Waals surface area contributed by atoms with E-state index in [1.54, 1.807) is 37.1 Å². The summed E-state index contributed by atoms with van der Waals surface area (Å²) in [6.07, 6.45) is 1.33. The van der Waals surface area contributed by atoms with Crippen molar-refractivity contribution in [2.75, 3.05) is 37.4 Å². The molecule has 0 unspecified atom stereocenters. The first-order valence-corrected chi connectivity index (χ1v) is 12.9. The number of fused-ring (bicyclic) bond motifs is 1. The molecule has 0 radical (unpaired) electrons. The van der Waals surface area contributed by atoms with Gasteiger partial charge in [-0.05, 0) is 62.2 Å². The van der Waals surface area contributed by atoms with Crippen LogP contribution in [-0.4, -0.2) is 71.6 Å². The summed E-state index contributed by atoms with van der Waals surface area (Å²) in [6.45, 7) is 4.08. The number of carbonyl (C=O) groups is 3. The summed E-state index contributed by atoms with van der Waals surface area (Å²) in [5.74, 6) is -0.220. The molecule has 1 aliphatic heterocycles. The number of nitrogens with one attached hydrogen (secondary N) is 2. The van der Waals surface area contributed by atoms with E-state index >= 15 is 0 Å². The molecule has 2 aromatic rings. The molecule has 3 atom stereocenters. The molecule has 1 heterocycles. The lowest BCUT2D eigenvalue weighted by atomic mass is 10.0. The molecule has 0 saturated heterocycles. The van der Waals surface area contributed by atoms with Crippen LogP contribution < -0.4 is 15.4 Å². The molecule has 3 N–H and O–H groups in total. The Morgan fingerprint density at radius 2 is 1.84 bits per heavy atom. The maximum Gasteiger partial charge on any atom is 0.321 e. The standard InChI is InChI=1S/C28H35FN4O5/c1-17-14-33(18(2)16-34)26(35)13-20-12-23(30-27(36)19-4-5-19)10-11-24(20)38-25(17)15-32(3)28(37)31-22-8-6-21(29)7-9-22/h6-12,17-19,25,34H,4-5,13-16H2,1-3H3,(H,30,36)(H,31,37)/t17-,18-,25+/m1/s1. The molecule has 204 valence electrons. The number of rotatable bonds is 7. The number of hydrogen-bond donors (Lipinski definition) is 3. The molecule has 0 aromatic heterocycles. The number of aliphatic hydroxyl groups excluding tert-OH is 1. The van der Waals surface area contributed by atoms with E-state index in [9.17, 15) is 23.9 Å². The first-order chi connectivity index (χ1) is 18.1. The number of likely N-dealkylation sites (N-methyl/N-ethyl adjacent to an activating group) is 1. The van der Waals surface area contributed by atoms with E-state index in [0.717, 1.165) is 12.8 Å². The smallest absolute Gasteiger partial charge is 0.321 e. The van der Waals surface area contributed by atoms with Gasteiger partial charge in [-0.15, -0.1) is 0 Å². The van der Waals surface area contributed by atoms with Crippen molar-refractivity contribution in [3.8, 4) is 5.75 Å². The highest BCUT2D eigenvalue weighted by atomic mass is 19.1. The predicted molar refractivity (Wildman–Crippen MR) is 141 cm³/mol. The van der Waals surface area contributed by atoms with Crippen LogP contribution in [0.2, 0.25) is 0 Å². The molecular weight excluding hydrogens is 491 g/mol. The summed E-state index contributed by atoms with van der Waals surface area (Å²) in [7, 11) is 1.64. The number of nitrogens with zero attached hydrogens (tertiary/aromatic N) is 2. The zero-order valence-corrected chi connectivity index (χ0v) is 21.9. The second-order valence-corrected chi connectivity index (χ2v) is 10.3. The van der Waals surface area contributed by atoms with Crippen LogP contribution in [0.1, 0.15) is 32.3 Å². The summed E-state index contributed by atoms with van der Waals surface area (Å²) >= 11 is 0. The largest absolute Gasteiger partial charge is 0.488 e. The Morgan fingerprint density at radius 3 is 2.50 bits per heavy atom. The van der Waals surface area contributed by atoms with E-state index in [1.807, 2.05) is 6.92 Å². The van der Waals surface area contributed by atoms with Crippen LogP contribution in [0.15, 0.2) is 42.5 Å². The van der Waals surface area contributed by atoms with Gasteiger partial charge in [0, 0.05) is 42.4 Å². The molecule has 9 nitrogen and oxygen atoms in total. The average Bonchev–Trinajstić information content (AvgIpc) is 3.74. The normalized spacial score (nSPS) is 20.2. The lowest BCUT2D eigenvalue weighted by Crippen LogP contribution is -2.48. The van der Waals surface area contributed by atoms with Gasteiger partial charge in [0.1, 0.15) is 17.7 Å². The number of carbonyl (C=O) groups excluding carboxylic acids is 3. The van der Waals surface area contributed by atoms with Gasteiger partial charge in [0.2, 0.25) is 11.8 Å². The number of anilines is 2. The number of benzene rings is 2. The molecule has 2 aromatic carbocycles. The molecule has 2 aliphatic rings. The van der Waals surface area contributed by atoms with E-state index in [4.69, 9.17) is 4.74 Å². The Hall–Kier alpha value is -3.66. The number of halogens is 1. The molecule has 1 fully saturated rings. The van der Waals surface area contributed by atoms with E-state index in [1.165, 1.54) is 29.2 Å². The van der Waals surface area contributed by atoms with E-state index in [-0.39, 0.29) is 49.3 Å². The lowest BCUT2D eigenvalue weighted by molar-refractivity contribution is -0.134. The quantitative estimate of drug-likeness (QED) is 0.512. The first kappa shape index (κ1) is 27.4. The van der Waals surface area contributed by atoms with Crippen molar-refractivity contribution < 1.29 is 28.6 Å². The van der Waals surface area contributed by atoms with Gasteiger partial charge in [0.05, 0.1) is 25.6 Å². The molecule has 0 bridgehead atoms. The zero-order valence-electron chi connectivity index (χ0n) is 21.9. The second kappa shape index (κ2) is 11.8. The fraction of sp³-hybridized carbons (Fsp3) is 0.464. The highest BCUT2D eigenvalue weighted by Gasteiger charge is 2.33. The van der Waals surface area contributed by atoms with Gasteiger partial charge in [-0.1, -0.05) is 6.92 Å². The third-order valence-electron chi connectivity index (χ3n) is 7.03. The van der Waals surface area contributed by atoms with Crippen LogP contribution in [0.5, 0.6) is 5.75 Å². The van der Waals surface area contributed by atoms with Crippen molar-refractivity contribution in [2.24, 2.45) is 11.8 Å². The van der Waals surface area contributed by atoms with Gasteiger partial charge in [-0.25, -0.2) is 9.18 Å². The Kier molecular flexibility index (Phi) is 8.51. The summed E-state index contributed by atoms with van der Waals surface area (Å²) in [5, 5.41) is 15.5. The molecule has 10 heteroatoms. The van der Waals surface area contributed by atoms with Crippen molar-refractivity contribution >= 4 is 29.2 Å². The highest BCUT2D eigenvalue weighted by Crippen LogP contribution is 2.32. The van der Waals surface area contributed by atoms with Crippen molar-refractivity contribution in [3.05, 3.63) is 53.8 Å². The zero-order chi connectivity index (χ0) is 27.4. The van der Waals surface area contributed by atoms with Crippen LogP contribution in [0.4, 0.5) is 20.6 Å². The Bertz CT molecular complexity index is 1170. The monoisotopic (exact) mass is 526 g/mol. The summed E-state index contributed by atoms with van der Waals surface area (Å²) in [6, 6.07) is 9.97.